The van der Waals surface area contributed by atoms with E-state index >= 15 is 0 Å². The summed E-state index contributed by atoms with van der Waals surface area (Å²) in [5.41, 5.74) is 1.59. The van der Waals surface area contributed by atoms with Gasteiger partial charge in [-0.1, -0.05) is 36.4 Å². The minimum absolute atomic E-state index is 0.144. The summed E-state index contributed by atoms with van der Waals surface area (Å²) in [5, 5.41) is 8.88. The molecule has 1 amide bonds. The van der Waals surface area contributed by atoms with Crippen molar-refractivity contribution in [3.8, 4) is 11.8 Å². The summed E-state index contributed by atoms with van der Waals surface area (Å²) in [6.45, 7) is 4.24. The Morgan fingerprint density at radius 1 is 1.10 bits per heavy atom. The molecule has 0 aromatic heterocycles. The van der Waals surface area contributed by atoms with Gasteiger partial charge in [0.25, 0.3) is 5.91 Å². The van der Waals surface area contributed by atoms with Crippen molar-refractivity contribution in [1.29, 1.82) is 5.26 Å². The van der Waals surface area contributed by atoms with E-state index in [-0.39, 0.29) is 25.3 Å². The lowest BCUT2D eigenvalue weighted by molar-refractivity contribution is -0.153. The lowest BCUT2D eigenvalue weighted by Gasteiger charge is -2.25. The number of anilines is 1. The van der Waals surface area contributed by atoms with Crippen LogP contribution in [0.15, 0.2) is 54.6 Å². The maximum Gasteiger partial charge on any atom is 0.306 e. The number of carbonyl (C=O) groups excluding carboxylic acids is 2. The van der Waals surface area contributed by atoms with Crippen molar-refractivity contribution in [2.24, 2.45) is 0 Å². The number of carbonyl (C=O) groups is 2. The fourth-order valence-corrected chi connectivity index (χ4v) is 2.91. The van der Waals surface area contributed by atoms with E-state index < -0.39 is 12.1 Å². The van der Waals surface area contributed by atoms with Gasteiger partial charge in [-0.05, 0) is 44.0 Å². The SMILES string of the molecule is CCOc1ccccc1CCC(=O)OC(C)C(=O)N(CCC#N)c1ccccc1. The maximum atomic E-state index is 12.8. The quantitative estimate of drug-likeness (QED) is 0.571. The van der Waals surface area contributed by atoms with Crippen LogP contribution in [0.5, 0.6) is 5.75 Å². The maximum absolute atomic E-state index is 12.8. The predicted octanol–water partition coefficient (Wildman–Crippen LogP) is 3.90. The fourth-order valence-electron chi connectivity index (χ4n) is 2.91. The third-order valence-electron chi connectivity index (χ3n) is 4.31. The molecule has 1 atom stereocenters. The Kier molecular flexibility index (Phi) is 8.71. The van der Waals surface area contributed by atoms with Gasteiger partial charge >= 0.3 is 5.97 Å². The van der Waals surface area contributed by atoms with E-state index in [1.54, 1.807) is 19.1 Å². The van der Waals surface area contributed by atoms with Crippen LogP contribution >= 0.6 is 0 Å². The highest BCUT2D eigenvalue weighted by molar-refractivity contribution is 5.97. The van der Waals surface area contributed by atoms with E-state index in [2.05, 4.69) is 0 Å². The monoisotopic (exact) mass is 394 g/mol. The molecule has 0 aliphatic rings. The molecule has 6 nitrogen and oxygen atoms in total. The molecule has 0 heterocycles. The van der Waals surface area contributed by atoms with Crippen LogP contribution in [0.25, 0.3) is 0 Å². The van der Waals surface area contributed by atoms with Gasteiger partial charge in [-0.3, -0.25) is 9.59 Å². The van der Waals surface area contributed by atoms with E-state index in [1.165, 1.54) is 4.90 Å². The smallest absolute Gasteiger partial charge is 0.306 e. The number of rotatable bonds is 10. The highest BCUT2D eigenvalue weighted by Crippen LogP contribution is 2.20. The number of para-hydroxylation sites is 2. The number of nitrogens with zero attached hydrogens (tertiary/aromatic N) is 2. The second-order valence-corrected chi connectivity index (χ2v) is 6.41. The van der Waals surface area contributed by atoms with E-state index in [1.807, 2.05) is 55.5 Å². The summed E-state index contributed by atoms with van der Waals surface area (Å²) < 4.78 is 10.9. The molecule has 0 bridgehead atoms. The van der Waals surface area contributed by atoms with Crippen LogP contribution in [0.2, 0.25) is 0 Å². The number of benzene rings is 2. The van der Waals surface area contributed by atoms with Crippen molar-refractivity contribution < 1.29 is 19.1 Å². The zero-order chi connectivity index (χ0) is 21.1. The van der Waals surface area contributed by atoms with Crippen molar-refractivity contribution >= 4 is 17.6 Å². The average Bonchev–Trinajstić information content (AvgIpc) is 2.74. The van der Waals surface area contributed by atoms with Gasteiger partial charge in [-0.25, -0.2) is 0 Å². The summed E-state index contributed by atoms with van der Waals surface area (Å²) in [7, 11) is 0. The van der Waals surface area contributed by atoms with Crippen molar-refractivity contribution in [3.05, 3.63) is 60.2 Å². The van der Waals surface area contributed by atoms with Crippen molar-refractivity contribution in [2.75, 3.05) is 18.1 Å². The van der Waals surface area contributed by atoms with E-state index in [0.717, 1.165) is 11.3 Å². The number of nitriles is 1. The third-order valence-corrected chi connectivity index (χ3v) is 4.31. The number of amides is 1. The number of esters is 1. The Labute approximate surface area is 171 Å². The largest absolute Gasteiger partial charge is 0.494 e. The number of ether oxygens (including phenoxy) is 2. The van der Waals surface area contributed by atoms with Gasteiger partial charge in [0.05, 0.1) is 19.1 Å². The van der Waals surface area contributed by atoms with E-state index in [0.29, 0.717) is 18.7 Å². The van der Waals surface area contributed by atoms with Crippen LogP contribution in [-0.4, -0.2) is 31.1 Å². The normalized spacial score (nSPS) is 11.2. The molecule has 0 aliphatic carbocycles. The molecular formula is C23H26N2O4. The fraction of sp³-hybridized carbons (Fsp3) is 0.348. The molecular weight excluding hydrogens is 368 g/mol. The van der Waals surface area contributed by atoms with E-state index in [4.69, 9.17) is 14.7 Å². The second kappa shape index (κ2) is 11.5. The van der Waals surface area contributed by atoms with Gasteiger partial charge in [-0.15, -0.1) is 0 Å². The number of aryl methyl sites for hydroxylation is 1. The Hall–Kier alpha value is -3.33. The molecule has 1 unspecified atom stereocenters. The summed E-state index contributed by atoms with van der Waals surface area (Å²) >= 11 is 0. The molecule has 0 aliphatic heterocycles. The Balaban J connectivity index is 1.97. The third kappa shape index (κ3) is 6.65. The van der Waals surface area contributed by atoms with Crippen LogP contribution in [-0.2, 0) is 20.7 Å². The van der Waals surface area contributed by atoms with Crippen molar-refractivity contribution in [3.63, 3.8) is 0 Å². The van der Waals surface area contributed by atoms with Crippen molar-refractivity contribution in [2.45, 2.75) is 39.2 Å². The zero-order valence-corrected chi connectivity index (χ0v) is 16.8. The first-order valence-corrected chi connectivity index (χ1v) is 9.70. The van der Waals surface area contributed by atoms with E-state index in [9.17, 15) is 9.59 Å². The lowest BCUT2D eigenvalue weighted by Crippen LogP contribution is -2.40. The summed E-state index contributed by atoms with van der Waals surface area (Å²) in [6.07, 6.45) is -0.142. The highest BCUT2D eigenvalue weighted by Gasteiger charge is 2.25. The van der Waals surface area contributed by atoms with Crippen LogP contribution < -0.4 is 9.64 Å². The zero-order valence-electron chi connectivity index (χ0n) is 16.8. The highest BCUT2D eigenvalue weighted by atomic mass is 16.5. The molecule has 0 saturated carbocycles. The second-order valence-electron chi connectivity index (χ2n) is 6.41. The topological polar surface area (TPSA) is 79.6 Å². The molecule has 0 spiro atoms. The van der Waals surface area contributed by atoms with Crippen molar-refractivity contribution in [1.82, 2.24) is 0 Å². The van der Waals surface area contributed by atoms with Gasteiger partial charge in [0.15, 0.2) is 6.10 Å². The predicted molar refractivity (Wildman–Crippen MR) is 111 cm³/mol. The molecule has 0 N–H and O–H groups in total. The van der Waals surface area contributed by atoms with Gasteiger partial charge < -0.3 is 14.4 Å². The van der Waals surface area contributed by atoms with Gasteiger partial charge in [-0.2, -0.15) is 5.26 Å². The lowest BCUT2D eigenvalue weighted by atomic mass is 10.1. The minimum atomic E-state index is -0.941. The molecule has 2 rings (SSSR count). The molecule has 0 fully saturated rings. The molecule has 2 aromatic carbocycles. The van der Waals surface area contributed by atoms with Crippen LogP contribution in [0.4, 0.5) is 5.69 Å². The molecule has 0 radical (unpaired) electrons. The molecule has 0 saturated heterocycles. The Morgan fingerprint density at radius 3 is 2.48 bits per heavy atom. The Morgan fingerprint density at radius 2 is 1.79 bits per heavy atom. The molecule has 29 heavy (non-hydrogen) atoms. The first kappa shape index (κ1) is 22.0. The van der Waals surface area contributed by atoms with Gasteiger partial charge in [0.2, 0.25) is 0 Å². The summed E-state index contributed by atoms with van der Waals surface area (Å²) in [5.74, 6) is -0.0568. The van der Waals surface area contributed by atoms with Crippen LogP contribution in [0.1, 0.15) is 32.3 Å². The van der Waals surface area contributed by atoms with Gasteiger partial charge in [0, 0.05) is 18.7 Å². The minimum Gasteiger partial charge on any atom is -0.494 e. The number of hydrogen-bond donors (Lipinski definition) is 0. The molecule has 6 heteroatoms. The number of hydrogen-bond acceptors (Lipinski definition) is 5. The first-order valence-electron chi connectivity index (χ1n) is 9.70. The van der Waals surface area contributed by atoms with Gasteiger partial charge in [0.1, 0.15) is 5.75 Å². The van der Waals surface area contributed by atoms with Crippen LogP contribution in [0, 0.1) is 11.3 Å². The summed E-state index contributed by atoms with van der Waals surface area (Å²) in [6, 6.07) is 18.6. The first-order chi connectivity index (χ1) is 14.1. The summed E-state index contributed by atoms with van der Waals surface area (Å²) in [4.78, 5) is 26.6. The Bertz CT molecular complexity index is 845. The van der Waals surface area contributed by atoms with Crippen LogP contribution in [0.3, 0.4) is 0 Å². The molecule has 152 valence electrons. The molecule has 2 aromatic rings. The average molecular weight is 394 g/mol. The standard InChI is InChI=1S/C23H26N2O4/c1-3-28-21-13-8-7-10-19(21)14-15-22(26)29-18(2)23(27)25(17-9-16-24)20-11-5-4-6-12-20/h4-8,10-13,18H,3,9,14-15,17H2,1-2H3.